The van der Waals surface area contributed by atoms with Crippen molar-refractivity contribution in [2.45, 2.75) is 33.2 Å². The molecule has 0 bridgehead atoms. The van der Waals surface area contributed by atoms with Crippen LogP contribution in [0.5, 0.6) is 5.88 Å². The van der Waals surface area contributed by atoms with E-state index in [1.807, 2.05) is 13.0 Å². The fourth-order valence-electron chi connectivity index (χ4n) is 1.58. The number of methoxy groups -OCH3 is 1. The van der Waals surface area contributed by atoms with Gasteiger partial charge in [0.1, 0.15) is 0 Å². The maximum Gasteiger partial charge on any atom is 0.229 e. The Hall–Kier alpha value is -0.840. The zero-order chi connectivity index (χ0) is 12.8. The quantitative estimate of drug-likeness (QED) is 0.757. The van der Waals surface area contributed by atoms with Gasteiger partial charge >= 0.3 is 0 Å². The van der Waals surface area contributed by atoms with Crippen LogP contribution in [0.3, 0.4) is 0 Å². The standard InChI is InChI=1S/C12H20BrN3O/c1-9(2)16(7-5-6-13)12-14-10(3)8-11(15-12)17-4/h8-9H,5-7H2,1-4H3. The van der Waals surface area contributed by atoms with Crippen molar-refractivity contribution in [1.29, 1.82) is 0 Å². The van der Waals surface area contributed by atoms with Gasteiger partial charge in [0, 0.05) is 29.7 Å². The molecule has 0 atom stereocenters. The van der Waals surface area contributed by atoms with Gasteiger partial charge in [-0.2, -0.15) is 4.98 Å². The summed E-state index contributed by atoms with van der Waals surface area (Å²) in [6, 6.07) is 2.22. The molecule has 0 aliphatic rings. The minimum absolute atomic E-state index is 0.376. The molecule has 96 valence electrons. The normalized spacial score (nSPS) is 10.7. The number of aryl methyl sites for hydroxylation is 1. The molecule has 5 heteroatoms. The number of rotatable bonds is 6. The number of anilines is 1. The lowest BCUT2D eigenvalue weighted by atomic mass is 10.3. The zero-order valence-corrected chi connectivity index (χ0v) is 12.5. The summed E-state index contributed by atoms with van der Waals surface area (Å²) >= 11 is 3.45. The summed E-state index contributed by atoms with van der Waals surface area (Å²) in [6.45, 7) is 7.19. The van der Waals surface area contributed by atoms with Gasteiger partial charge in [0.25, 0.3) is 0 Å². The molecule has 0 aromatic carbocycles. The van der Waals surface area contributed by atoms with Gasteiger partial charge in [0.15, 0.2) is 0 Å². The number of hydrogen-bond acceptors (Lipinski definition) is 4. The van der Waals surface area contributed by atoms with E-state index in [2.05, 4.69) is 44.6 Å². The van der Waals surface area contributed by atoms with E-state index < -0.39 is 0 Å². The minimum Gasteiger partial charge on any atom is -0.481 e. The van der Waals surface area contributed by atoms with Gasteiger partial charge in [-0.1, -0.05) is 15.9 Å². The van der Waals surface area contributed by atoms with Crippen LogP contribution < -0.4 is 9.64 Å². The highest BCUT2D eigenvalue weighted by Gasteiger charge is 2.14. The van der Waals surface area contributed by atoms with Crippen LogP contribution in [-0.4, -0.2) is 35.0 Å². The molecule has 1 aromatic heterocycles. The Morgan fingerprint density at radius 2 is 2.12 bits per heavy atom. The highest BCUT2D eigenvalue weighted by atomic mass is 79.9. The molecule has 0 fully saturated rings. The number of nitrogens with zero attached hydrogens (tertiary/aromatic N) is 3. The topological polar surface area (TPSA) is 38.2 Å². The van der Waals surface area contributed by atoms with Crippen molar-refractivity contribution < 1.29 is 4.74 Å². The molecule has 4 nitrogen and oxygen atoms in total. The summed E-state index contributed by atoms with van der Waals surface area (Å²) in [4.78, 5) is 11.1. The summed E-state index contributed by atoms with van der Waals surface area (Å²) < 4.78 is 5.18. The third-order valence-electron chi connectivity index (χ3n) is 2.44. The molecule has 0 aliphatic carbocycles. The van der Waals surface area contributed by atoms with E-state index in [-0.39, 0.29) is 0 Å². The van der Waals surface area contributed by atoms with Crippen molar-refractivity contribution in [2.24, 2.45) is 0 Å². The summed E-state index contributed by atoms with van der Waals surface area (Å²) in [5.41, 5.74) is 0.927. The van der Waals surface area contributed by atoms with Crippen molar-refractivity contribution in [2.75, 3.05) is 23.9 Å². The number of aromatic nitrogens is 2. The number of ether oxygens (including phenoxy) is 1. The molecule has 0 amide bonds. The summed E-state index contributed by atoms with van der Waals surface area (Å²) in [6.07, 6.45) is 1.07. The Morgan fingerprint density at radius 1 is 1.41 bits per heavy atom. The first-order chi connectivity index (χ1) is 8.08. The number of hydrogen-bond donors (Lipinski definition) is 0. The third-order valence-corrected chi connectivity index (χ3v) is 3.00. The lowest BCUT2D eigenvalue weighted by Crippen LogP contribution is -2.33. The van der Waals surface area contributed by atoms with Crippen LogP contribution in [0.15, 0.2) is 6.07 Å². The van der Waals surface area contributed by atoms with Gasteiger partial charge in [-0.15, -0.1) is 0 Å². The summed E-state index contributed by atoms with van der Waals surface area (Å²) in [5.74, 6) is 1.37. The second-order valence-electron chi connectivity index (χ2n) is 4.18. The van der Waals surface area contributed by atoms with Gasteiger partial charge < -0.3 is 9.64 Å². The Kier molecular flexibility index (Phi) is 5.68. The van der Waals surface area contributed by atoms with E-state index in [4.69, 9.17) is 4.74 Å². The van der Waals surface area contributed by atoms with E-state index in [0.717, 1.165) is 29.9 Å². The summed E-state index contributed by atoms with van der Waals surface area (Å²) in [5, 5.41) is 0.985. The van der Waals surface area contributed by atoms with Crippen LogP contribution in [0, 0.1) is 6.92 Å². The maximum absolute atomic E-state index is 5.18. The Labute approximate surface area is 112 Å². The van der Waals surface area contributed by atoms with Gasteiger partial charge in [0.2, 0.25) is 11.8 Å². The second kappa shape index (κ2) is 6.79. The molecule has 0 radical (unpaired) electrons. The lowest BCUT2D eigenvalue weighted by molar-refractivity contribution is 0.395. The van der Waals surface area contributed by atoms with E-state index >= 15 is 0 Å². The average Bonchev–Trinajstić information content (AvgIpc) is 2.28. The molecular formula is C12H20BrN3O. The van der Waals surface area contributed by atoms with Crippen LogP contribution >= 0.6 is 15.9 Å². The van der Waals surface area contributed by atoms with Crippen molar-refractivity contribution in [3.63, 3.8) is 0 Å². The number of alkyl halides is 1. The molecule has 17 heavy (non-hydrogen) atoms. The second-order valence-corrected chi connectivity index (χ2v) is 4.97. The third kappa shape index (κ3) is 4.15. The van der Waals surface area contributed by atoms with E-state index in [0.29, 0.717) is 11.9 Å². The van der Waals surface area contributed by atoms with Gasteiger partial charge in [0.05, 0.1) is 7.11 Å². The molecule has 0 unspecified atom stereocenters. The minimum atomic E-state index is 0.376. The van der Waals surface area contributed by atoms with Crippen molar-refractivity contribution >= 4 is 21.9 Å². The molecular weight excluding hydrogens is 282 g/mol. The number of halogens is 1. The largest absolute Gasteiger partial charge is 0.481 e. The average molecular weight is 302 g/mol. The first-order valence-corrected chi connectivity index (χ1v) is 6.93. The van der Waals surface area contributed by atoms with Crippen LogP contribution in [-0.2, 0) is 0 Å². The molecule has 0 saturated heterocycles. The first kappa shape index (κ1) is 14.2. The fourth-order valence-corrected chi connectivity index (χ4v) is 1.83. The molecule has 1 heterocycles. The van der Waals surface area contributed by atoms with Gasteiger partial charge in [-0.05, 0) is 27.2 Å². The Bertz CT molecular complexity index is 358. The van der Waals surface area contributed by atoms with Crippen molar-refractivity contribution in [3.8, 4) is 5.88 Å². The molecule has 1 aromatic rings. The Balaban J connectivity index is 2.96. The van der Waals surface area contributed by atoms with E-state index in [1.165, 1.54) is 0 Å². The maximum atomic E-state index is 5.18. The van der Waals surface area contributed by atoms with Gasteiger partial charge in [-0.25, -0.2) is 4.98 Å². The lowest BCUT2D eigenvalue weighted by Gasteiger charge is -2.26. The van der Waals surface area contributed by atoms with Crippen LogP contribution in [0.1, 0.15) is 26.0 Å². The van der Waals surface area contributed by atoms with Crippen molar-refractivity contribution in [3.05, 3.63) is 11.8 Å². The first-order valence-electron chi connectivity index (χ1n) is 5.80. The van der Waals surface area contributed by atoms with Crippen molar-refractivity contribution in [1.82, 2.24) is 9.97 Å². The zero-order valence-electron chi connectivity index (χ0n) is 10.9. The molecule has 0 aliphatic heterocycles. The monoisotopic (exact) mass is 301 g/mol. The van der Waals surface area contributed by atoms with Gasteiger partial charge in [-0.3, -0.25) is 0 Å². The SMILES string of the molecule is COc1cc(C)nc(N(CCCBr)C(C)C)n1. The molecule has 0 saturated carbocycles. The van der Waals surface area contributed by atoms with Crippen LogP contribution in [0.2, 0.25) is 0 Å². The van der Waals surface area contributed by atoms with Crippen LogP contribution in [0.4, 0.5) is 5.95 Å². The predicted molar refractivity (Wildman–Crippen MR) is 74.2 cm³/mol. The Morgan fingerprint density at radius 3 is 2.65 bits per heavy atom. The highest BCUT2D eigenvalue weighted by molar-refractivity contribution is 9.09. The molecule has 1 rings (SSSR count). The van der Waals surface area contributed by atoms with E-state index in [9.17, 15) is 0 Å². The highest BCUT2D eigenvalue weighted by Crippen LogP contribution is 2.17. The smallest absolute Gasteiger partial charge is 0.229 e. The van der Waals surface area contributed by atoms with E-state index in [1.54, 1.807) is 7.11 Å². The summed E-state index contributed by atoms with van der Waals surface area (Å²) in [7, 11) is 1.63. The fraction of sp³-hybridized carbons (Fsp3) is 0.667. The van der Waals surface area contributed by atoms with Crippen LogP contribution in [0.25, 0.3) is 0 Å². The molecule has 0 N–H and O–H groups in total. The predicted octanol–water partition coefficient (Wildman–Crippen LogP) is 2.79. The molecule has 0 spiro atoms.